The molecular weight excluding hydrogens is 202 g/mol. The summed E-state index contributed by atoms with van der Waals surface area (Å²) in [5, 5.41) is 12.6. The van der Waals surface area contributed by atoms with Crippen LogP contribution in [-0.4, -0.2) is 27.2 Å². The predicted octanol–water partition coefficient (Wildman–Crippen LogP) is 1.85. The van der Waals surface area contributed by atoms with Crippen LogP contribution in [0.5, 0.6) is 0 Å². The Kier molecular flexibility index (Phi) is 2.84. The van der Waals surface area contributed by atoms with E-state index in [1.54, 1.807) is 0 Å². The highest BCUT2D eigenvalue weighted by atomic mass is 16.3. The highest BCUT2D eigenvalue weighted by Crippen LogP contribution is 2.38. The van der Waals surface area contributed by atoms with Gasteiger partial charge in [-0.25, -0.2) is 9.97 Å². The Morgan fingerprint density at radius 2 is 2.12 bits per heavy atom. The molecule has 16 heavy (non-hydrogen) atoms. The maximum Gasteiger partial charge on any atom is 0.133 e. The summed E-state index contributed by atoms with van der Waals surface area (Å²) in [5.41, 5.74) is 0.852. The van der Waals surface area contributed by atoms with Crippen LogP contribution in [0.1, 0.15) is 44.1 Å². The van der Waals surface area contributed by atoms with Gasteiger partial charge in [0.05, 0.1) is 12.1 Å². The highest BCUT2D eigenvalue weighted by molar-refractivity contribution is 5.41. The maximum atomic E-state index is 9.26. The Balaban J connectivity index is 2.21. The van der Waals surface area contributed by atoms with E-state index in [4.69, 9.17) is 0 Å². The molecule has 1 aromatic rings. The summed E-state index contributed by atoms with van der Waals surface area (Å²) in [6.07, 6.45) is 2.03. The fourth-order valence-corrected chi connectivity index (χ4v) is 1.66. The molecule has 1 aliphatic rings. The number of rotatable bonds is 4. The Morgan fingerprint density at radius 3 is 2.62 bits per heavy atom. The first-order valence-corrected chi connectivity index (χ1v) is 5.79. The summed E-state index contributed by atoms with van der Waals surface area (Å²) >= 11 is 0. The number of aliphatic hydroxyl groups is 1. The van der Waals surface area contributed by atoms with Crippen molar-refractivity contribution < 1.29 is 5.11 Å². The maximum absolute atomic E-state index is 9.26. The van der Waals surface area contributed by atoms with Crippen LogP contribution in [0.25, 0.3) is 0 Å². The van der Waals surface area contributed by atoms with E-state index >= 15 is 0 Å². The van der Waals surface area contributed by atoms with E-state index < -0.39 is 0 Å². The van der Waals surface area contributed by atoms with E-state index in [1.165, 1.54) is 0 Å². The van der Waals surface area contributed by atoms with Crippen molar-refractivity contribution in [2.45, 2.75) is 45.1 Å². The van der Waals surface area contributed by atoms with Gasteiger partial charge in [0.1, 0.15) is 11.6 Å². The van der Waals surface area contributed by atoms with Gasteiger partial charge in [-0.05, 0) is 19.8 Å². The summed E-state index contributed by atoms with van der Waals surface area (Å²) in [7, 11) is 0. The van der Waals surface area contributed by atoms with E-state index in [1.807, 2.05) is 13.0 Å². The molecule has 1 aromatic heterocycles. The lowest BCUT2D eigenvalue weighted by molar-refractivity contribution is 0.266. The fourth-order valence-electron chi connectivity index (χ4n) is 1.66. The molecule has 0 aromatic carbocycles. The third-order valence-electron chi connectivity index (χ3n) is 2.94. The summed E-state index contributed by atoms with van der Waals surface area (Å²) in [5.74, 6) is 2.02. The summed E-state index contributed by atoms with van der Waals surface area (Å²) in [6, 6.07) is 1.93. The van der Waals surface area contributed by atoms with Crippen molar-refractivity contribution >= 4 is 5.82 Å². The Labute approximate surface area is 96.1 Å². The van der Waals surface area contributed by atoms with Crippen molar-refractivity contribution in [2.24, 2.45) is 0 Å². The molecule has 0 radical (unpaired) electrons. The van der Waals surface area contributed by atoms with E-state index in [2.05, 4.69) is 29.1 Å². The molecule has 1 saturated carbocycles. The van der Waals surface area contributed by atoms with Crippen LogP contribution in [0.4, 0.5) is 5.82 Å². The van der Waals surface area contributed by atoms with Crippen LogP contribution in [0.3, 0.4) is 0 Å². The number of aryl methyl sites for hydroxylation is 1. The normalized spacial score (nSPS) is 17.6. The molecule has 88 valence electrons. The second-order valence-electron chi connectivity index (χ2n) is 4.97. The van der Waals surface area contributed by atoms with Crippen LogP contribution < -0.4 is 5.32 Å². The van der Waals surface area contributed by atoms with Gasteiger partial charge in [-0.15, -0.1) is 0 Å². The number of hydrogen-bond acceptors (Lipinski definition) is 4. The molecule has 0 amide bonds. The van der Waals surface area contributed by atoms with Crippen LogP contribution >= 0.6 is 0 Å². The molecule has 0 saturated heterocycles. The lowest BCUT2D eigenvalue weighted by Crippen LogP contribution is -2.26. The van der Waals surface area contributed by atoms with Gasteiger partial charge in [-0.3, -0.25) is 0 Å². The topological polar surface area (TPSA) is 58.0 Å². The number of nitrogens with one attached hydrogen (secondary N) is 1. The van der Waals surface area contributed by atoms with Gasteiger partial charge in [0.25, 0.3) is 0 Å². The van der Waals surface area contributed by atoms with E-state index in [0.717, 1.165) is 30.2 Å². The Morgan fingerprint density at radius 1 is 1.44 bits per heavy atom. The molecule has 2 N–H and O–H groups in total. The standard InChI is InChI=1S/C12H19N3O/c1-8(2)11-13-9(3)6-10(14-11)15-12(7-16)4-5-12/h6,8,16H,4-5,7H2,1-3H3,(H,13,14,15). The smallest absolute Gasteiger partial charge is 0.133 e. The molecule has 1 heterocycles. The van der Waals surface area contributed by atoms with E-state index in [0.29, 0.717) is 5.92 Å². The molecule has 0 aliphatic heterocycles. The van der Waals surface area contributed by atoms with Crippen molar-refractivity contribution in [3.63, 3.8) is 0 Å². The number of anilines is 1. The average molecular weight is 221 g/mol. The van der Waals surface area contributed by atoms with Gasteiger partial charge in [0.15, 0.2) is 0 Å². The molecular formula is C12H19N3O. The lowest BCUT2D eigenvalue weighted by Gasteiger charge is -2.16. The number of aliphatic hydroxyl groups excluding tert-OH is 1. The second-order valence-corrected chi connectivity index (χ2v) is 4.97. The minimum absolute atomic E-state index is 0.116. The van der Waals surface area contributed by atoms with Gasteiger partial charge in [-0.2, -0.15) is 0 Å². The zero-order chi connectivity index (χ0) is 11.8. The van der Waals surface area contributed by atoms with Crippen LogP contribution in [0, 0.1) is 6.92 Å². The molecule has 1 aliphatic carbocycles. The number of nitrogens with zero attached hydrogens (tertiary/aromatic N) is 2. The number of hydrogen-bond donors (Lipinski definition) is 2. The van der Waals surface area contributed by atoms with Crippen molar-refractivity contribution in [1.82, 2.24) is 9.97 Å². The molecule has 2 rings (SSSR count). The third kappa shape index (κ3) is 2.32. The van der Waals surface area contributed by atoms with Gasteiger partial charge in [-0.1, -0.05) is 13.8 Å². The quantitative estimate of drug-likeness (QED) is 0.814. The summed E-state index contributed by atoms with van der Waals surface area (Å²) in [4.78, 5) is 8.87. The van der Waals surface area contributed by atoms with Gasteiger partial charge in [0.2, 0.25) is 0 Å². The van der Waals surface area contributed by atoms with Gasteiger partial charge < -0.3 is 10.4 Å². The molecule has 0 unspecified atom stereocenters. The predicted molar refractivity (Wildman–Crippen MR) is 63.5 cm³/mol. The zero-order valence-corrected chi connectivity index (χ0v) is 10.1. The monoisotopic (exact) mass is 221 g/mol. The Bertz CT molecular complexity index is 386. The van der Waals surface area contributed by atoms with Crippen LogP contribution in [0.15, 0.2) is 6.07 Å². The first kappa shape index (κ1) is 11.3. The molecule has 4 nitrogen and oxygen atoms in total. The first-order chi connectivity index (χ1) is 7.54. The molecule has 1 fully saturated rings. The molecule has 4 heteroatoms. The molecule has 0 atom stereocenters. The fraction of sp³-hybridized carbons (Fsp3) is 0.667. The SMILES string of the molecule is Cc1cc(NC2(CO)CC2)nc(C(C)C)n1. The van der Waals surface area contributed by atoms with Crippen molar-refractivity contribution in [2.75, 3.05) is 11.9 Å². The minimum atomic E-state index is -0.116. The highest BCUT2D eigenvalue weighted by Gasteiger charge is 2.42. The van der Waals surface area contributed by atoms with E-state index in [9.17, 15) is 5.11 Å². The van der Waals surface area contributed by atoms with Crippen molar-refractivity contribution in [3.8, 4) is 0 Å². The van der Waals surface area contributed by atoms with Crippen LogP contribution in [-0.2, 0) is 0 Å². The van der Waals surface area contributed by atoms with Gasteiger partial charge in [0, 0.05) is 17.7 Å². The summed E-state index contributed by atoms with van der Waals surface area (Å²) in [6.45, 7) is 6.30. The molecule has 0 bridgehead atoms. The zero-order valence-electron chi connectivity index (χ0n) is 10.1. The van der Waals surface area contributed by atoms with Crippen molar-refractivity contribution in [1.29, 1.82) is 0 Å². The largest absolute Gasteiger partial charge is 0.394 e. The number of aromatic nitrogens is 2. The van der Waals surface area contributed by atoms with Crippen molar-refractivity contribution in [3.05, 3.63) is 17.6 Å². The first-order valence-electron chi connectivity index (χ1n) is 5.79. The Hall–Kier alpha value is -1.16. The minimum Gasteiger partial charge on any atom is -0.394 e. The lowest BCUT2D eigenvalue weighted by atomic mass is 10.2. The van der Waals surface area contributed by atoms with Crippen LogP contribution in [0.2, 0.25) is 0 Å². The third-order valence-corrected chi connectivity index (χ3v) is 2.94. The van der Waals surface area contributed by atoms with Gasteiger partial charge >= 0.3 is 0 Å². The summed E-state index contributed by atoms with van der Waals surface area (Å²) < 4.78 is 0. The van der Waals surface area contributed by atoms with E-state index in [-0.39, 0.29) is 12.1 Å². The average Bonchev–Trinajstić information content (AvgIpc) is 2.97. The molecule has 0 spiro atoms. The second kappa shape index (κ2) is 4.01.